The first-order valence-electron chi connectivity index (χ1n) is 9.11. The third kappa shape index (κ3) is 3.49. The Labute approximate surface area is 163 Å². The van der Waals surface area contributed by atoms with Crippen molar-refractivity contribution in [1.29, 1.82) is 0 Å². The molecule has 1 atom stereocenters. The van der Waals surface area contributed by atoms with Crippen LogP contribution in [0.1, 0.15) is 19.3 Å². The van der Waals surface area contributed by atoms with Gasteiger partial charge in [0.05, 0.1) is 39.5 Å². The van der Waals surface area contributed by atoms with Gasteiger partial charge in [0.15, 0.2) is 11.5 Å². The van der Waals surface area contributed by atoms with E-state index in [1.807, 2.05) is 4.90 Å². The second kappa shape index (κ2) is 8.05. The van der Waals surface area contributed by atoms with Gasteiger partial charge in [-0.15, -0.1) is 0 Å². The van der Waals surface area contributed by atoms with E-state index in [2.05, 4.69) is 0 Å². The molecule has 2 aliphatic rings. The van der Waals surface area contributed by atoms with Gasteiger partial charge >= 0.3 is 0 Å². The van der Waals surface area contributed by atoms with Gasteiger partial charge in [-0.05, 0) is 25.9 Å². The molecule has 1 aromatic carbocycles. The number of hydrogen-bond acceptors (Lipinski definition) is 7. The Morgan fingerprint density at radius 2 is 1.61 bits per heavy atom. The number of methoxy groups -OCH3 is 3. The predicted octanol–water partition coefficient (Wildman–Crippen LogP) is 0.542. The zero-order valence-electron chi connectivity index (χ0n) is 16.3. The van der Waals surface area contributed by atoms with E-state index < -0.39 is 6.04 Å². The molecular formula is C19H25N3O6. The van der Waals surface area contributed by atoms with Gasteiger partial charge in [-0.1, -0.05) is 0 Å². The van der Waals surface area contributed by atoms with Crippen LogP contribution in [0.25, 0.3) is 0 Å². The Morgan fingerprint density at radius 1 is 1.04 bits per heavy atom. The lowest BCUT2D eigenvalue weighted by molar-refractivity contribution is -0.124. The number of benzene rings is 1. The van der Waals surface area contributed by atoms with E-state index in [9.17, 15) is 14.4 Å². The number of carbonyl (C=O) groups is 3. The first-order valence-corrected chi connectivity index (χ1v) is 9.11. The van der Waals surface area contributed by atoms with Crippen molar-refractivity contribution >= 4 is 23.4 Å². The fourth-order valence-electron chi connectivity index (χ4n) is 3.86. The van der Waals surface area contributed by atoms with E-state index in [1.54, 1.807) is 12.1 Å². The summed E-state index contributed by atoms with van der Waals surface area (Å²) in [5, 5.41) is 0. The number of ether oxygens (including phenoxy) is 3. The maximum Gasteiger partial charge on any atom is 0.251 e. The second-order valence-corrected chi connectivity index (χ2v) is 6.88. The Hall–Kier alpha value is -2.81. The molecule has 3 amide bonds. The van der Waals surface area contributed by atoms with Gasteiger partial charge in [-0.3, -0.25) is 19.3 Å². The average Bonchev–Trinajstić information content (AvgIpc) is 3.00. The number of amides is 3. The number of primary amides is 1. The quantitative estimate of drug-likeness (QED) is 0.705. The van der Waals surface area contributed by atoms with Gasteiger partial charge in [-0.2, -0.15) is 0 Å². The predicted molar refractivity (Wildman–Crippen MR) is 100 cm³/mol. The van der Waals surface area contributed by atoms with Crippen LogP contribution in [-0.4, -0.2) is 63.1 Å². The number of nitrogens with two attached hydrogens (primary N) is 1. The summed E-state index contributed by atoms with van der Waals surface area (Å²) < 4.78 is 15.9. The largest absolute Gasteiger partial charge is 0.493 e. The molecule has 0 aliphatic carbocycles. The van der Waals surface area contributed by atoms with E-state index in [0.29, 0.717) is 48.9 Å². The molecule has 0 bridgehead atoms. The molecule has 2 saturated heterocycles. The molecule has 0 saturated carbocycles. The van der Waals surface area contributed by atoms with Crippen molar-refractivity contribution in [3.63, 3.8) is 0 Å². The number of nitrogens with zero attached hydrogens (tertiary/aromatic N) is 2. The zero-order valence-corrected chi connectivity index (χ0v) is 16.3. The molecule has 28 heavy (non-hydrogen) atoms. The molecule has 2 heterocycles. The van der Waals surface area contributed by atoms with E-state index in [-0.39, 0.29) is 30.1 Å². The molecule has 9 nitrogen and oxygen atoms in total. The summed E-state index contributed by atoms with van der Waals surface area (Å²) in [6.07, 6.45) is 1.28. The standard InChI is InChI=1S/C19H25N3O6/c1-26-14-8-12(9-15(27-2)17(14)28-3)22-16(23)10-13(19(22)25)21-6-4-11(5-7-21)18(20)24/h8-9,11,13H,4-7,10H2,1-3H3,(H2,20,24)/t13-/m0/s1. The zero-order chi connectivity index (χ0) is 20.4. The van der Waals surface area contributed by atoms with Crippen LogP contribution in [0.5, 0.6) is 17.2 Å². The van der Waals surface area contributed by atoms with Crippen molar-refractivity contribution in [3.05, 3.63) is 12.1 Å². The monoisotopic (exact) mass is 391 g/mol. The Kier molecular flexibility index (Phi) is 5.73. The molecule has 2 fully saturated rings. The van der Waals surface area contributed by atoms with Crippen LogP contribution in [0.3, 0.4) is 0 Å². The highest BCUT2D eigenvalue weighted by molar-refractivity contribution is 6.22. The molecule has 3 rings (SSSR count). The number of piperidine rings is 1. The van der Waals surface area contributed by atoms with Crippen molar-refractivity contribution in [2.45, 2.75) is 25.3 Å². The van der Waals surface area contributed by atoms with Gasteiger partial charge in [0.25, 0.3) is 5.91 Å². The number of imide groups is 1. The fraction of sp³-hybridized carbons (Fsp3) is 0.526. The van der Waals surface area contributed by atoms with Crippen LogP contribution in [0.4, 0.5) is 5.69 Å². The third-order valence-corrected chi connectivity index (χ3v) is 5.40. The molecule has 0 spiro atoms. The van der Waals surface area contributed by atoms with Crippen molar-refractivity contribution in [3.8, 4) is 17.2 Å². The first kappa shape index (κ1) is 19.9. The number of carbonyl (C=O) groups excluding carboxylic acids is 3. The van der Waals surface area contributed by atoms with Gasteiger partial charge in [0.1, 0.15) is 0 Å². The maximum absolute atomic E-state index is 13.0. The number of likely N-dealkylation sites (tertiary alicyclic amines) is 1. The highest BCUT2D eigenvalue weighted by Crippen LogP contribution is 2.42. The molecule has 0 aromatic heterocycles. The summed E-state index contributed by atoms with van der Waals surface area (Å²) in [5.74, 6) is 0.0459. The van der Waals surface area contributed by atoms with Crippen LogP contribution in [0.15, 0.2) is 12.1 Å². The van der Waals surface area contributed by atoms with Gasteiger partial charge < -0.3 is 19.9 Å². The lowest BCUT2D eigenvalue weighted by atomic mass is 9.95. The van der Waals surface area contributed by atoms with Crippen LogP contribution in [0, 0.1) is 5.92 Å². The molecule has 9 heteroatoms. The van der Waals surface area contributed by atoms with E-state index in [1.165, 1.54) is 21.3 Å². The molecule has 0 radical (unpaired) electrons. The Bertz CT molecular complexity index is 763. The summed E-state index contributed by atoms with van der Waals surface area (Å²) in [6, 6.07) is 2.62. The summed E-state index contributed by atoms with van der Waals surface area (Å²) >= 11 is 0. The van der Waals surface area contributed by atoms with E-state index in [0.717, 1.165) is 4.90 Å². The van der Waals surface area contributed by atoms with Crippen molar-refractivity contribution < 1.29 is 28.6 Å². The second-order valence-electron chi connectivity index (χ2n) is 6.88. The van der Waals surface area contributed by atoms with Crippen LogP contribution < -0.4 is 24.8 Å². The molecule has 0 unspecified atom stereocenters. The van der Waals surface area contributed by atoms with Gasteiger partial charge in [0, 0.05) is 18.1 Å². The minimum Gasteiger partial charge on any atom is -0.493 e. The lowest BCUT2D eigenvalue weighted by Gasteiger charge is -2.33. The summed E-state index contributed by atoms with van der Waals surface area (Å²) in [7, 11) is 4.43. The number of anilines is 1. The Balaban J connectivity index is 1.84. The first-order chi connectivity index (χ1) is 13.4. The van der Waals surface area contributed by atoms with E-state index in [4.69, 9.17) is 19.9 Å². The third-order valence-electron chi connectivity index (χ3n) is 5.40. The SMILES string of the molecule is COc1cc(N2C(=O)C[C@H](N3CCC(C(N)=O)CC3)C2=O)cc(OC)c1OC. The van der Waals surface area contributed by atoms with Crippen molar-refractivity contribution in [1.82, 2.24) is 4.90 Å². The summed E-state index contributed by atoms with van der Waals surface area (Å²) in [6.45, 7) is 1.11. The minimum atomic E-state index is -0.541. The molecule has 2 aliphatic heterocycles. The summed E-state index contributed by atoms with van der Waals surface area (Å²) in [5.41, 5.74) is 5.75. The highest BCUT2D eigenvalue weighted by Gasteiger charge is 2.44. The van der Waals surface area contributed by atoms with Crippen LogP contribution in [-0.2, 0) is 14.4 Å². The van der Waals surface area contributed by atoms with Crippen molar-refractivity contribution in [2.24, 2.45) is 11.7 Å². The highest BCUT2D eigenvalue weighted by atomic mass is 16.5. The minimum absolute atomic E-state index is 0.0940. The van der Waals surface area contributed by atoms with Crippen molar-refractivity contribution in [2.75, 3.05) is 39.3 Å². The number of hydrogen-bond donors (Lipinski definition) is 1. The topological polar surface area (TPSA) is 111 Å². The molecule has 1 aromatic rings. The molecule has 152 valence electrons. The normalized spacial score (nSPS) is 21.1. The van der Waals surface area contributed by atoms with Gasteiger partial charge in [-0.25, -0.2) is 4.90 Å². The number of rotatable bonds is 6. The Morgan fingerprint density at radius 3 is 2.07 bits per heavy atom. The average molecular weight is 391 g/mol. The van der Waals surface area contributed by atoms with E-state index >= 15 is 0 Å². The van der Waals surface area contributed by atoms with Gasteiger partial charge in [0.2, 0.25) is 17.6 Å². The smallest absolute Gasteiger partial charge is 0.251 e. The fourth-order valence-corrected chi connectivity index (χ4v) is 3.86. The molecular weight excluding hydrogens is 366 g/mol. The van der Waals surface area contributed by atoms with Crippen LogP contribution >= 0.6 is 0 Å². The summed E-state index contributed by atoms with van der Waals surface area (Å²) in [4.78, 5) is 40.2. The lowest BCUT2D eigenvalue weighted by Crippen LogP contribution is -2.47. The van der Waals surface area contributed by atoms with Crippen LogP contribution in [0.2, 0.25) is 0 Å². The maximum atomic E-state index is 13.0. The molecule has 2 N–H and O–H groups in total.